The first kappa shape index (κ1) is 64.8. The Morgan fingerprint density at radius 1 is 0.613 bits per heavy atom. The number of halogens is 3. The second-order valence-electron chi connectivity index (χ2n) is 20.1. The van der Waals surface area contributed by atoms with E-state index < -0.39 is 52.8 Å². The Labute approximate surface area is 466 Å². The molecule has 80 heavy (non-hydrogen) atoms. The monoisotopic (exact) mass is 1180 g/mol. The van der Waals surface area contributed by atoms with E-state index >= 15 is 0 Å². The van der Waals surface area contributed by atoms with Gasteiger partial charge in [-0.2, -0.15) is 12.9 Å². The molecule has 0 atom stereocenters. The van der Waals surface area contributed by atoms with Crippen molar-refractivity contribution in [1.82, 2.24) is 33.2 Å². The summed E-state index contributed by atoms with van der Waals surface area (Å²) in [5.41, 5.74) is 10.3. The van der Waals surface area contributed by atoms with Gasteiger partial charge in [0.1, 0.15) is 34.5 Å². The maximum absolute atomic E-state index is 12.8. The van der Waals surface area contributed by atoms with Crippen molar-refractivity contribution < 1.29 is 72.1 Å². The van der Waals surface area contributed by atoms with Crippen LogP contribution in [0.15, 0.2) is 105 Å². The summed E-state index contributed by atoms with van der Waals surface area (Å²) in [6.07, 6.45) is 10.4. The molecule has 1 saturated carbocycles. The number of carbonyl (C=O) groups is 3. The molecule has 0 unspecified atom stereocenters. The van der Waals surface area contributed by atoms with Gasteiger partial charge in [0.2, 0.25) is 59.5 Å². The van der Waals surface area contributed by atoms with Crippen LogP contribution in [0.3, 0.4) is 0 Å². The zero-order valence-electron chi connectivity index (χ0n) is 45.3. The summed E-state index contributed by atoms with van der Waals surface area (Å²) >= 11 is 0. The lowest BCUT2D eigenvalue weighted by Crippen LogP contribution is -2.47. The molecule has 6 N–H and O–H groups in total. The fourth-order valence-electron chi connectivity index (χ4n) is 8.12. The third kappa shape index (κ3) is 17.5. The molecule has 3 aromatic heterocycles. The number of aliphatic carboxylic acids is 1. The highest BCUT2D eigenvalue weighted by molar-refractivity contribution is 7.89. The fraction of sp³-hybridized carbons (Fsp3) is 0.538. The largest absolute Gasteiger partial charge is 0.481 e. The van der Waals surface area contributed by atoms with Crippen molar-refractivity contribution in [3.05, 3.63) is 90.7 Å². The van der Waals surface area contributed by atoms with Gasteiger partial charge in [0.15, 0.2) is 0 Å². The lowest BCUT2D eigenvalue weighted by molar-refractivity contribution is -0.150. The number of primary amides is 1. The van der Waals surface area contributed by atoms with Crippen molar-refractivity contribution in [3.63, 3.8) is 0 Å². The lowest BCUT2D eigenvalue weighted by Gasteiger charge is -2.36. The molecule has 3 saturated heterocycles. The second kappa shape index (κ2) is 29.1. The van der Waals surface area contributed by atoms with Crippen molar-refractivity contribution >= 4 is 47.9 Å². The number of carbonyl (C=O) groups excluding carboxylic acids is 2. The van der Waals surface area contributed by atoms with Crippen molar-refractivity contribution in [2.45, 2.75) is 113 Å². The average molecular weight is 1180 g/mol. The zero-order valence-corrected chi connectivity index (χ0v) is 47.7. The van der Waals surface area contributed by atoms with Crippen LogP contribution in [0.25, 0.3) is 0 Å². The number of carboxylic acid groups (broad SMARTS) is 1. The SMILES string of the molecule is CC/C(=C\F)COc1ccc(S(=O)(=O)N2CCC(C(=O)NC3CC3)CC2)cn1.CC/C(=C\F)COc1ccc(S(=O)(=O)N2CCC(C)(C(=O)O)CC2)cn1.CC1(C(N)=O)CCN(S(=O)(=O)c2ccc(OC/C(=C/F)CN)nc2)CC1. The number of nitrogens with one attached hydrogen (secondary N) is 1. The van der Waals surface area contributed by atoms with Gasteiger partial charge in [0, 0.05) is 87.0 Å². The summed E-state index contributed by atoms with van der Waals surface area (Å²) in [5, 5.41) is 12.2. The normalized spacial score (nSPS) is 18.8. The first-order chi connectivity index (χ1) is 37.9. The summed E-state index contributed by atoms with van der Waals surface area (Å²) in [6.45, 7) is 8.38. The molecule has 4 fully saturated rings. The number of pyridine rings is 3. The number of hydrogen-bond acceptors (Lipinski definition) is 16. The van der Waals surface area contributed by atoms with E-state index in [0.717, 1.165) is 12.8 Å². The maximum atomic E-state index is 12.8. The maximum Gasteiger partial charge on any atom is 0.309 e. The predicted octanol–water partition coefficient (Wildman–Crippen LogP) is 5.55. The van der Waals surface area contributed by atoms with Crippen molar-refractivity contribution in [1.29, 1.82) is 0 Å². The molecule has 28 heteroatoms. The van der Waals surface area contributed by atoms with Crippen LogP contribution in [0.1, 0.15) is 91.9 Å². The number of nitrogens with two attached hydrogens (primary N) is 2. The first-order valence-corrected chi connectivity index (χ1v) is 30.4. The molecule has 1 aliphatic carbocycles. The minimum absolute atomic E-state index is 0.0144. The Balaban J connectivity index is 0.000000221. The summed E-state index contributed by atoms with van der Waals surface area (Å²) in [4.78, 5) is 46.9. The molecular formula is C52H72F3N9O13S3. The van der Waals surface area contributed by atoms with Gasteiger partial charge in [-0.25, -0.2) is 53.4 Å². The lowest BCUT2D eigenvalue weighted by atomic mass is 9.80. The molecule has 0 bridgehead atoms. The van der Waals surface area contributed by atoms with E-state index in [2.05, 4.69) is 20.3 Å². The van der Waals surface area contributed by atoms with Gasteiger partial charge in [-0.3, -0.25) is 14.4 Å². The highest BCUT2D eigenvalue weighted by Crippen LogP contribution is 2.35. The van der Waals surface area contributed by atoms with Gasteiger partial charge >= 0.3 is 5.97 Å². The van der Waals surface area contributed by atoms with Gasteiger partial charge < -0.3 is 36.1 Å². The third-order valence-corrected chi connectivity index (χ3v) is 20.0. The molecule has 4 aliphatic rings. The molecule has 6 heterocycles. The van der Waals surface area contributed by atoms with Crippen molar-refractivity contribution in [2.24, 2.45) is 28.2 Å². The molecular weight excluding hydrogens is 1110 g/mol. The van der Waals surface area contributed by atoms with E-state index in [1.807, 2.05) is 6.92 Å². The Kier molecular flexibility index (Phi) is 23.6. The highest BCUT2D eigenvalue weighted by Gasteiger charge is 2.41. The quantitative estimate of drug-likeness (QED) is 0.0958. The number of aromatic nitrogens is 3. The fourth-order valence-corrected chi connectivity index (χ4v) is 12.3. The summed E-state index contributed by atoms with van der Waals surface area (Å²) in [7, 11) is -11.1. The summed E-state index contributed by atoms with van der Waals surface area (Å²) in [5.74, 6) is -0.815. The standard InChI is InChI=1S/C19H26FN3O4S.C17H23FN2O5S.C16H23FN4O4S/c1-2-14(11-20)13-27-18-6-5-17(12-21-18)28(25,26)23-9-7-15(8-10-23)19(24)22-16-3-4-16;1-3-13(10-18)12-25-15-5-4-14(11-19-15)26(23,24)20-8-6-17(2,7-9-20)16(21)22;1-16(15(19)22)4-6-21(7-5-16)26(23,24)13-2-3-14(20-10-13)25-11-12(8-17)9-18/h5-6,11-12,15-16H,2-4,7-10,13H2,1H3,(H,22,24);4-5,10-11H,3,6-9,12H2,1-2H3,(H,21,22);2-3,8,10H,4-7,9,11,18H2,1H3,(H2,19,22)/b14-11+;13-10+;12-8+. The van der Waals surface area contributed by atoms with E-state index in [-0.39, 0.29) is 115 Å². The highest BCUT2D eigenvalue weighted by atomic mass is 32.2. The smallest absolute Gasteiger partial charge is 0.309 e. The Morgan fingerprint density at radius 3 is 1.25 bits per heavy atom. The minimum Gasteiger partial charge on any atom is -0.481 e. The van der Waals surface area contributed by atoms with E-state index in [0.29, 0.717) is 87.8 Å². The molecule has 0 spiro atoms. The van der Waals surface area contributed by atoms with E-state index in [1.165, 1.54) is 67.9 Å². The third-order valence-electron chi connectivity index (χ3n) is 14.4. The Bertz CT molecular complexity index is 2870. The van der Waals surface area contributed by atoms with Crippen LogP contribution < -0.4 is 31.0 Å². The van der Waals surface area contributed by atoms with Gasteiger partial charge in [0.05, 0.1) is 43.0 Å². The summed E-state index contributed by atoms with van der Waals surface area (Å²) < 4.78 is 134. The molecule has 3 aromatic rings. The number of hydrogen-bond donors (Lipinski definition) is 4. The molecule has 2 amide bonds. The van der Waals surface area contributed by atoms with Crippen LogP contribution in [0, 0.1) is 16.7 Å². The van der Waals surface area contributed by atoms with Gasteiger partial charge in [-0.15, -0.1) is 0 Å². The van der Waals surface area contributed by atoms with Crippen LogP contribution in [-0.2, 0) is 44.5 Å². The zero-order chi connectivity index (χ0) is 58.9. The second-order valence-corrected chi connectivity index (χ2v) is 25.9. The number of carboxylic acids is 1. The van der Waals surface area contributed by atoms with Crippen LogP contribution in [0.4, 0.5) is 13.2 Å². The molecule has 7 rings (SSSR count). The minimum atomic E-state index is -3.74. The average Bonchev–Trinajstić information content (AvgIpc) is 4.32. The van der Waals surface area contributed by atoms with Crippen LogP contribution in [0.2, 0.25) is 0 Å². The topological polar surface area (TPSA) is 314 Å². The predicted molar refractivity (Wildman–Crippen MR) is 288 cm³/mol. The van der Waals surface area contributed by atoms with Crippen LogP contribution in [0.5, 0.6) is 17.6 Å². The van der Waals surface area contributed by atoms with Crippen molar-refractivity contribution in [3.8, 4) is 17.6 Å². The number of nitrogens with zero attached hydrogens (tertiary/aromatic N) is 6. The molecule has 442 valence electrons. The van der Waals surface area contributed by atoms with Crippen molar-refractivity contribution in [2.75, 3.05) is 65.6 Å². The number of piperidine rings is 3. The van der Waals surface area contributed by atoms with Crippen LogP contribution >= 0.6 is 0 Å². The van der Waals surface area contributed by atoms with E-state index in [1.54, 1.807) is 20.8 Å². The Hall–Kier alpha value is -6.04. The summed E-state index contributed by atoms with van der Waals surface area (Å²) in [6, 6.07) is 8.80. The number of ether oxygens (including phenoxy) is 3. The van der Waals surface area contributed by atoms with Crippen LogP contribution in [-0.4, -0.2) is 148 Å². The van der Waals surface area contributed by atoms with Gasteiger partial charge in [-0.05, 0) is 100 Å². The first-order valence-electron chi connectivity index (χ1n) is 26.0. The molecule has 0 aromatic carbocycles. The molecule has 3 aliphatic heterocycles. The molecule has 0 radical (unpaired) electrons. The van der Waals surface area contributed by atoms with Gasteiger partial charge in [-0.1, -0.05) is 20.8 Å². The van der Waals surface area contributed by atoms with E-state index in [9.17, 15) is 57.9 Å². The molecule has 22 nitrogen and oxygen atoms in total. The van der Waals surface area contributed by atoms with E-state index in [4.69, 9.17) is 25.7 Å². The van der Waals surface area contributed by atoms with Gasteiger partial charge in [0.25, 0.3) is 0 Å². The number of rotatable bonds is 22. The Morgan fingerprint density at radius 2 is 0.963 bits per heavy atom. The number of amides is 2. The number of sulfonamides is 3.